The molecule has 0 spiro atoms. The maximum atomic E-state index is 14.9. The highest BCUT2D eigenvalue weighted by molar-refractivity contribution is 5.94. The van der Waals surface area contributed by atoms with Gasteiger partial charge in [0.1, 0.15) is 12.4 Å². The lowest BCUT2D eigenvalue weighted by Crippen LogP contribution is -2.42. The fourth-order valence-electron chi connectivity index (χ4n) is 5.97. The third-order valence-corrected chi connectivity index (χ3v) is 7.82. The number of nitrogens with one attached hydrogen (secondary N) is 1. The number of hydrogen-bond acceptors (Lipinski definition) is 7. The van der Waals surface area contributed by atoms with Crippen LogP contribution in [-0.4, -0.2) is 37.7 Å². The van der Waals surface area contributed by atoms with Gasteiger partial charge in [0.2, 0.25) is 5.91 Å². The number of fused-ring (bicyclic) bond motifs is 5. The first-order valence-corrected chi connectivity index (χ1v) is 12.3. The number of rotatable bonds is 3. The molecule has 3 N–H and O–H groups in total. The monoisotopic (exact) mass is 507 g/mol. The molecule has 0 fully saturated rings. The van der Waals surface area contributed by atoms with Crippen LogP contribution < -0.4 is 10.9 Å². The second kappa shape index (κ2) is 7.93. The zero-order chi connectivity index (χ0) is 26.4. The van der Waals surface area contributed by atoms with Gasteiger partial charge in [0.05, 0.1) is 47.6 Å². The lowest BCUT2D eigenvalue weighted by Gasteiger charge is -2.30. The molecule has 1 aromatic carbocycles. The minimum absolute atomic E-state index is 0.0578. The summed E-state index contributed by atoms with van der Waals surface area (Å²) in [5.41, 5.74) is 2.10. The molecule has 6 rings (SSSR count). The number of aliphatic hydroxyl groups is 2. The van der Waals surface area contributed by atoms with E-state index in [1.54, 1.807) is 19.9 Å². The fourth-order valence-corrected chi connectivity index (χ4v) is 5.97. The van der Waals surface area contributed by atoms with Gasteiger partial charge in [0.15, 0.2) is 5.60 Å². The Morgan fingerprint density at radius 2 is 2.08 bits per heavy atom. The Morgan fingerprint density at radius 3 is 2.81 bits per heavy atom. The highest BCUT2D eigenvalue weighted by Gasteiger charge is 2.43. The van der Waals surface area contributed by atoms with Gasteiger partial charge in [-0.2, -0.15) is 0 Å². The zero-order valence-electron chi connectivity index (χ0n) is 20.6. The van der Waals surface area contributed by atoms with Crippen molar-refractivity contribution in [3.05, 3.63) is 61.7 Å². The third kappa shape index (κ3) is 3.35. The number of amides is 1. The summed E-state index contributed by atoms with van der Waals surface area (Å²) in [6.45, 7) is 4.48. The quantitative estimate of drug-likeness (QED) is 0.362. The number of esters is 1. The molecule has 2 aliphatic heterocycles. The highest BCUT2D eigenvalue weighted by atomic mass is 19.1. The van der Waals surface area contributed by atoms with Crippen LogP contribution in [0.25, 0.3) is 22.3 Å². The van der Waals surface area contributed by atoms with E-state index in [1.165, 1.54) is 17.6 Å². The number of hydrogen-bond donors (Lipinski definition) is 3. The molecule has 2 aromatic heterocycles. The number of benzene rings is 1. The Hall–Kier alpha value is -3.63. The summed E-state index contributed by atoms with van der Waals surface area (Å²) in [4.78, 5) is 43.2. The molecular weight excluding hydrogens is 481 g/mol. The summed E-state index contributed by atoms with van der Waals surface area (Å²) in [7, 11) is 0. The van der Waals surface area contributed by atoms with Crippen LogP contribution in [0.4, 0.5) is 4.39 Å². The van der Waals surface area contributed by atoms with Gasteiger partial charge >= 0.3 is 5.97 Å². The predicted octanol–water partition coefficient (Wildman–Crippen LogP) is 2.01. The Labute approximate surface area is 210 Å². The SMILES string of the molecule is Cc1c(F)cc2nc3c(c4c2c1CC[C@@H]4NC(=O)CC(C)O)Cn1c-3cc2c(c1=O)COC(=O)[C@@]2(C)O. The summed E-state index contributed by atoms with van der Waals surface area (Å²) < 4.78 is 21.5. The van der Waals surface area contributed by atoms with Crippen LogP contribution in [0.5, 0.6) is 0 Å². The van der Waals surface area contributed by atoms with Crippen molar-refractivity contribution in [1.29, 1.82) is 0 Å². The number of carbonyl (C=O) groups excluding carboxylic acids is 2. The second-order valence-electron chi connectivity index (χ2n) is 10.4. The molecular formula is C27H26FN3O6. The van der Waals surface area contributed by atoms with Gasteiger partial charge in [-0.15, -0.1) is 0 Å². The molecule has 3 aromatic rings. The van der Waals surface area contributed by atoms with Gasteiger partial charge in [0.25, 0.3) is 5.56 Å². The topological polar surface area (TPSA) is 131 Å². The van der Waals surface area contributed by atoms with Crippen LogP contribution in [0.3, 0.4) is 0 Å². The number of aromatic nitrogens is 2. The van der Waals surface area contributed by atoms with Gasteiger partial charge in [-0.3, -0.25) is 9.59 Å². The van der Waals surface area contributed by atoms with E-state index in [0.29, 0.717) is 35.3 Å². The van der Waals surface area contributed by atoms with Crippen molar-refractivity contribution in [2.75, 3.05) is 0 Å². The van der Waals surface area contributed by atoms with E-state index in [-0.39, 0.29) is 42.4 Å². The van der Waals surface area contributed by atoms with E-state index in [4.69, 9.17) is 9.72 Å². The smallest absolute Gasteiger partial charge is 0.342 e. The van der Waals surface area contributed by atoms with Crippen LogP contribution in [0.1, 0.15) is 66.1 Å². The number of nitrogens with zero attached hydrogens (tertiary/aromatic N) is 2. The molecule has 9 nitrogen and oxygen atoms in total. The average Bonchev–Trinajstić information content (AvgIpc) is 3.19. The van der Waals surface area contributed by atoms with Crippen molar-refractivity contribution in [3.63, 3.8) is 0 Å². The van der Waals surface area contributed by atoms with Crippen molar-refractivity contribution >= 4 is 22.8 Å². The van der Waals surface area contributed by atoms with Crippen LogP contribution >= 0.6 is 0 Å². The number of halogens is 1. The molecule has 3 aliphatic rings. The van der Waals surface area contributed by atoms with Crippen molar-refractivity contribution in [2.24, 2.45) is 0 Å². The van der Waals surface area contributed by atoms with Gasteiger partial charge in [0, 0.05) is 22.6 Å². The molecule has 192 valence electrons. The number of carbonyl (C=O) groups is 2. The zero-order valence-corrected chi connectivity index (χ0v) is 20.6. The van der Waals surface area contributed by atoms with Crippen molar-refractivity contribution in [1.82, 2.24) is 14.9 Å². The van der Waals surface area contributed by atoms with Crippen LogP contribution in [0.2, 0.25) is 0 Å². The minimum Gasteiger partial charge on any atom is -0.458 e. The van der Waals surface area contributed by atoms with Crippen LogP contribution in [0.15, 0.2) is 16.9 Å². The van der Waals surface area contributed by atoms with E-state index in [9.17, 15) is 29.0 Å². The molecule has 10 heteroatoms. The lowest BCUT2D eigenvalue weighted by molar-refractivity contribution is -0.169. The first-order valence-electron chi connectivity index (χ1n) is 12.3. The standard InChI is InChI=1S/C27H26FN3O6/c1-11(32)6-21(33)29-18-5-4-13-12(2)17(28)8-19-22(13)23(18)14-9-31-20(24(14)30-19)7-16-15(25(31)34)10-37-26(35)27(16,3)36/h7-8,11,18,32,36H,4-6,9-10H2,1-3H3,(H,29,33)/t11?,18-,27-/m0/s1. The molecule has 37 heavy (non-hydrogen) atoms. The second-order valence-corrected chi connectivity index (χ2v) is 10.4. The van der Waals surface area contributed by atoms with Crippen molar-refractivity contribution < 1.29 is 28.9 Å². The fraction of sp³-hybridized carbons (Fsp3) is 0.407. The summed E-state index contributed by atoms with van der Waals surface area (Å²) in [5, 5.41) is 24.3. The van der Waals surface area contributed by atoms with E-state index in [1.807, 2.05) is 0 Å². The number of aryl methyl sites for hydroxylation is 1. The van der Waals surface area contributed by atoms with Gasteiger partial charge in [-0.25, -0.2) is 14.2 Å². The summed E-state index contributed by atoms with van der Waals surface area (Å²) in [6.07, 6.45) is 0.198. The normalized spacial score (nSPS) is 22.2. The molecule has 4 heterocycles. The molecule has 0 saturated carbocycles. The van der Waals surface area contributed by atoms with Crippen molar-refractivity contribution in [3.8, 4) is 11.4 Å². The van der Waals surface area contributed by atoms with E-state index < -0.39 is 29.3 Å². The lowest BCUT2D eigenvalue weighted by atomic mass is 9.81. The summed E-state index contributed by atoms with van der Waals surface area (Å²) in [5.74, 6) is -1.54. The van der Waals surface area contributed by atoms with E-state index in [0.717, 1.165) is 22.1 Å². The maximum absolute atomic E-state index is 14.9. The Bertz CT molecular complexity index is 1610. The van der Waals surface area contributed by atoms with Crippen LogP contribution in [-0.2, 0) is 39.5 Å². The van der Waals surface area contributed by atoms with E-state index >= 15 is 0 Å². The number of cyclic esters (lactones) is 1. The Balaban J connectivity index is 1.61. The van der Waals surface area contributed by atoms with Gasteiger partial charge < -0.3 is 24.8 Å². The maximum Gasteiger partial charge on any atom is 0.342 e. The van der Waals surface area contributed by atoms with E-state index in [2.05, 4.69) is 5.32 Å². The molecule has 3 atom stereocenters. The highest BCUT2D eigenvalue weighted by Crippen LogP contribution is 2.45. The molecule has 1 aliphatic carbocycles. The minimum atomic E-state index is -2.00. The molecule has 0 saturated heterocycles. The third-order valence-electron chi connectivity index (χ3n) is 7.82. The first kappa shape index (κ1) is 23.7. The largest absolute Gasteiger partial charge is 0.458 e. The van der Waals surface area contributed by atoms with Crippen LogP contribution in [0, 0.1) is 12.7 Å². The molecule has 0 bridgehead atoms. The number of aliphatic hydroxyl groups excluding tert-OH is 1. The number of pyridine rings is 2. The predicted molar refractivity (Wildman–Crippen MR) is 130 cm³/mol. The molecule has 1 amide bonds. The molecule has 0 radical (unpaired) electrons. The molecule has 1 unspecified atom stereocenters. The summed E-state index contributed by atoms with van der Waals surface area (Å²) in [6, 6.07) is 2.53. The number of ether oxygens (including phenoxy) is 1. The Morgan fingerprint density at radius 1 is 1.32 bits per heavy atom. The van der Waals surface area contributed by atoms with Gasteiger partial charge in [-0.05, 0) is 56.4 Å². The summed E-state index contributed by atoms with van der Waals surface area (Å²) >= 11 is 0. The average molecular weight is 508 g/mol. The van der Waals surface area contributed by atoms with Gasteiger partial charge in [-0.1, -0.05) is 0 Å². The first-order chi connectivity index (χ1) is 17.5. The Kier molecular flexibility index (Phi) is 5.09. The van der Waals surface area contributed by atoms with Crippen molar-refractivity contribution in [2.45, 2.75) is 70.9 Å².